The fourth-order valence-corrected chi connectivity index (χ4v) is 2.13. The highest BCUT2D eigenvalue weighted by atomic mass is 16.7. The number of ether oxygens (including phenoxy) is 3. The number of fused-ring (bicyclic) bond motifs is 1. The lowest BCUT2D eigenvalue weighted by atomic mass is 10.1. The fraction of sp³-hybridized carbons (Fsp3) is 0.389. The molecule has 0 amide bonds. The molecule has 0 unspecified atom stereocenters. The summed E-state index contributed by atoms with van der Waals surface area (Å²) in [4.78, 5) is 11.1. The normalized spacial score (nSPS) is 13.1. The van der Waals surface area contributed by atoms with Gasteiger partial charge in [0.15, 0.2) is 11.5 Å². The highest BCUT2D eigenvalue weighted by Crippen LogP contribution is 2.32. The molecule has 4 heteroatoms. The van der Waals surface area contributed by atoms with Crippen LogP contribution in [-0.4, -0.2) is 19.4 Å². The number of rotatable bonds is 8. The Morgan fingerprint density at radius 1 is 1.18 bits per heavy atom. The summed E-state index contributed by atoms with van der Waals surface area (Å²) in [6.45, 7) is 2.54. The van der Waals surface area contributed by atoms with Crippen LogP contribution in [0.1, 0.15) is 31.7 Å². The largest absolute Gasteiger partial charge is 0.463 e. The molecule has 2 rings (SSSR count). The molecule has 1 aliphatic heterocycles. The van der Waals surface area contributed by atoms with E-state index >= 15 is 0 Å². The number of allylic oxidation sites excluding steroid dienone is 3. The molecular weight excluding hydrogens is 280 g/mol. The Bertz CT molecular complexity index is 546. The third-order valence-electron chi connectivity index (χ3n) is 3.24. The molecule has 0 aromatic heterocycles. The van der Waals surface area contributed by atoms with Crippen LogP contribution >= 0.6 is 0 Å². The van der Waals surface area contributed by atoms with Gasteiger partial charge in [-0.2, -0.15) is 0 Å². The predicted octanol–water partition coefficient (Wildman–Crippen LogP) is 3.80. The Morgan fingerprint density at radius 3 is 2.86 bits per heavy atom. The van der Waals surface area contributed by atoms with E-state index in [-0.39, 0.29) is 5.97 Å². The summed E-state index contributed by atoms with van der Waals surface area (Å²) in [7, 11) is 0. The van der Waals surface area contributed by atoms with Crippen molar-refractivity contribution < 1.29 is 19.0 Å². The van der Waals surface area contributed by atoms with Crippen molar-refractivity contribution in [2.24, 2.45) is 0 Å². The minimum absolute atomic E-state index is 0.263. The molecule has 0 radical (unpaired) electrons. The highest BCUT2D eigenvalue weighted by Gasteiger charge is 2.12. The van der Waals surface area contributed by atoms with Crippen molar-refractivity contribution in [2.45, 2.75) is 32.6 Å². The maximum atomic E-state index is 11.1. The molecule has 118 valence electrons. The van der Waals surface area contributed by atoms with E-state index in [0.29, 0.717) is 13.4 Å². The lowest BCUT2D eigenvalue weighted by molar-refractivity contribution is -0.137. The quantitative estimate of drug-likeness (QED) is 0.317. The zero-order valence-corrected chi connectivity index (χ0v) is 12.9. The maximum absolute atomic E-state index is 11.1. The molecule has 22 heavy (non-hydrogen) atoms. The van der Waals surface area contributed by atoms with Gasteiger partial charge in [-0.3, -0.25) is 0 Å². The lowest BCUT2D eigenvalue weighted by Gasteiger charge is -1.99. The molecule has 0 bridgehead atoms. The van der Waals surface area contributed by atoms with Crippen LogP contribution in [0.3, 0.4) is 0 Å². The van der Waals surface area contributed by atoms with Crippen LogP contribution < -0.4 is 9.47 Å². The van der Waals surface area contributed by atoms with Gasteiger partial charge in [0.25, 0.3) is 0 Å². The van der Waals surface area contributed by atoms with Crippen LogP contribution in [0.15, 0.2) is 42.5 Å². The Hall–Kier alpha value is -2.23. The molecule has 0 atom stereocenters. The van der Waals surface area contributed by atoms with Gasteiger partial charge in [0, 0.05) is 6.08 Å². The zero-order valence-electron chi connectivity index (χ0n) is 12.9. The third-order valence-corrected chi connectivity index (χ3v) is 3.24. The van der Waals surface area contributed by atoms with Crippen LogP contribution in [0.2, 0.25) is 0 Å². The van der Waals surface area contributed by atoms with Crippen molar-refractivity contribution in [1.29, 1.82) is 0 Å². The summed E-state index contributed by atoms with van der Waals surface area (Å²) >= 11 is 0. The van der Waals surface area contributed by atoms with E-state index in [1.165, 1.54) is 11.6 Å². The second-order valence-corrected chi connectivity index (χ2v) is 4.95. The standard InChI is InChI=1S/C18H22O4/c1-2-20-18(19)10-8-6-4-3-5-7-9-15-11-12-16-17(13-15)22-14-21-16/h5,7-8,10-13H,2-4,6,9,14H2,1H3/b7-5+,10-8+. The molecule has 1 aliphatic rings. The molecular formula is C18H22O4. The van der Waals surface area contributed by atoms with Crippen molar-refractivity contribution in [1.82, 2.24) is 0 Å². The number of unbranched alkanes of at least 4 members (excludes halogenated alkanes) is 2. The Balaban J connectivity index is 1.61. The number of benzene rings is 1. The van der Waals surface area contributed by atoms with Crippen LogP contribution in [0.4, 0.5) is 0 Å². The molecule has 1 heterocycles. The maximum Gasteiger partial charge on any atom is 0.330 e. The van der Waals surface area contributed by atoms with E-state index in [2.05, 4.69) is 18.2 Å². The summed E-state index contributed by atoms with van der Waals surface area (Å²) in [5.41, 5.74) is 1.21. The van der Waals surface area contributed by atoms with E-state index < -0.39 is 0 Å². The van der Waals surface area contributed by atoms with Crippen molar-refractivity contribution in [2.75, 3.05) is 13.4 Å². The van der Waals surface area contributed by atoms with Crippen molar-refractivity contribution in [3.63, 3.8) is 0 Å². The monoisotopic (exact) mass is 302 g/mol. The molecule has 1 aromatic carbocycles. The first-order valence-corrected chi connectivity index (χ1v) is 7.66. The van der Waals surface area contributed by atoms with Gasteiger partial charge in [0.05, 0.1) is 6.61 Å². The summed E-state index contributed by atoms with van der Waals surface area (Å²) in [5.74, 6) is 1.39. The molecule has 0 saturated heterocycles. The average molecular weight is 302 g/mol. The number of carbonyl (C=O) groups is 1. The summed E-state index contributed by atoms with van der Waals surface area (Å²) in [6, 6.07) is 6.03. The minimum Gasteiger partial charge on any atom is -0.463 e. The minimum atomic E-state index is -0.263. The molecule has 0 aliphatic carbocycles. The second-order valence-electron chi connectivity index (χ2n) is 4.95. The molecule has 0 saturated carbocycles. The van der Waals surface area contributed by atoms with Crippen molar-refractivity contribution in [3.8, 4) is 11.5 Å². The van der Waals surface area contributed by atoms with Gasteiger partial charge in [0.1, 0.15) is 0 Å². The number of hydrogen-bond acceptors (Lipinski definition) is 4. The zero-order chi connectivity index (χ0) is 15.6. The Labute approximate surface area is 131 Å². The molecule has 0 spiro atoms. The van der Waals surface area contributed by atoms with E-state index in [1.54, 1.807) is 6.92 Å². The number of carbonyl (C=O) groups excluding carboxylic acids is 1. The van der Waals surface area contributed by atoms with E-state index in [9.17, 15) is 4.79 Å². The summed E-state index contributed by atoms with van der Waals surface area (Å²) < 4.78 is 15.5. The first-order chi connectivity index (χ1) is 10.8. The van der Waals surface area contributed by atoms with Crippen LogP contribution in [-0.2, 0) is 16.0 Å². The SMILES string of the molecule is CCOC(=O)/C=C/CCC/C=C/Cc1ccc2c(c1)OCO2. The van der Waals surface area contributed by atoms with E-state index in [1.807, 2.05) is 18.2 Å². The van der Waals surface area contributed by atoms with Crippen LogP contribution in [0.25, 0.3) is 0 Å². The van der Waals surface area contributed by atoms with Crippen LogP contribution in [0.5, 0.6) is 11.5 Å². The first-order valence-electron chi connectivity index (χ1n) is 7.66. The number of esters is 1. The van der Waals surface area contributed by atoms with Crippen LogP contribution in [0, 0.1) is 0 Å². The van der Waals surface area contributed by atoms with Gasteiger partial charge in [-0.15, -0.1) is 0 Å². The van der Waals surface area contributed by atoms with Gasteiger partial charge in [-0.1, -0.05) is 24.3 Å². The van der Waals surface area contributed by atoms with Gasteiger partial charge in [-0.05, 0) is 50.3 Å². The third kappa shape index (κ3) is 5.28. The smallest absolute Gasteiger partial charge is 0.330 e. The average Bonchev–Trinajstić information content (AvgIpc) is 2.97. The lowest BCUT2D eigenvalue weighted by Crippen LogP contribution is -1.98. The molecule has 4 nitrogen and oxygen atoms in total. The molecule has 0 fully saturated rings. The highest BCUT2D eigenvalue weighted by molar-refractivity contribution is 5.81. The van der Waals surface area contributed by atoms with Gasteiger partial charge in [0.2, 0.25) is 6.79 Å². The topological polar surface area (TPSA) is 44.8 Å². The Kier molecular flexibility index (Phi) is 6.55. The van der Waals surface area contributed by atoms with Gasteiger partial charge in [-0.25, -0.2) is 4.79 Å². The Morgan fingerprint density at radius 2 is 2.00 bits per heavy atom. The summed E-state index contributed by atoms with van der Waals surface area (Å²) in [5, 5.41) is 0. The van der Waals surface area contributed by atoms with Gasteiger partial charge < -0.3 is 14.2 Å². The molecule has 0 N–H and O–H groups in total. The molecule has 1 aromatic rings. The second kappa shape index (κ2) is 8.93. The van der Waals surface area contributed by atoms with Gasteiger partial charge >= 0.3 is 5.97 Å². The first kappa shape index (κ1) is 16.1. The predicted molar refractivity (Wildman–Crippen MR) is 85.0 cm³/mol. The number of hydrogen-bond donors (Lipinski definition) is 0. The summed E-state index contributed by atoms with van der Waals surface area (Å²) in [6.07, 6.45) is 11.5. The van der Waals surface area contributed by atoms with E-state index in [4.69, 9.17) is 14.2 Å². The fourth-order valence-electron chi connectivity index (χ4n) is 2.13. The van der Waals surface area contributed by atoms with Crippen molar-refractivity contribution >= 4 is 5.97 Å². The van der Waals surface area contributed by atoms with E-state index in [0.717, 1.165) is 37.2 Å². The van der Waals surface area contributed by atoms with Crippen molar-refractivity contribution in [3.05, 3.63) is 48.1 Å².